The SMILES string of the molecule is N#Cc1c(NC2CCCCC2)sc(C(=O)c2c[nH]c(-c3ccccc3)c2)c1N. The van der Waals surface area contributed by atoms with Crippen molar-refractivity contribution in [3.05, 3.63) is 58.6 Å². The van der Waals surface area contributed by atoms with Crippen LogP contribution >= 0.6 is 11.3 Å². The van der Waals surface area contributed by atoms with Crippen LogP contribution in [0.1, 0.15) is 52.9 Å². The summed E-state index contributed by atoms with van der Waals surface area (Å²) in [6.45, 7) is 0. The highest BCUT2D eigenvalue weighted by molar-refractivity contribution is 7.19. The van der Waals surface area contributed by atoms with Gasteiger partial charge in [0.1, 0.15) is 21.5 Å². The predicted octanol–water partition coefficient (Wildman–Crippen LogP) is 5.17. The first-order chi connectivity index (χ1) is 13.7. The Morgan fingerprint density at radius 1 is 1.21 bits per heavy atom. The highest BCUT2D eigenvalue weighted by Crippen LogP contribution is 2.38. The van der Waals surface area contributed by atoms with Crippen molar-refractivity contribution in [2.75, 3.05) is 11.1 Å². The number of thiophene rings is 1. The Morgan fingerprint density at radius 2 is 1.96 bits per heavy atom. The molecule has 0 amide bonds. The average Bonchev–Trinajstić information content (AvgIpc) is 3.34. The molecule has 2 heterocycles. The van der Waals surface area contributed by atoms with Crippen LogP contribution in [-0.2, 0) is 0 Å². The molecule has 0 atom stereocenters. The number of benzene rings is 1. The number of ketones is 1. The molecule has 1 aromatic carbocycles. The van der Waals surface area contributed by atoms with E-state index in [1.165, 1.54) is 30.6 Å². The van der Waals surface area contributed by atoms with Gasteiger partial charge in [-0.15, -0.1) is 11.3 Å². The molecule has 0 radical (unpaired) electrons. The molecule has 0 saturated heterocycles. The first-order valence-corrected chi connectivity index (χ1v) is 10.4. The van der Waals surface area contributed by atoms with E-state index in [1.807, 2.05) is 36.4 Å². The number of H-pyrrole nitrogens is 1. The lowest BCUT2D eigenvalue weighted by Crippen LogP contribution is -2.22. The monoisotopic (exact) mass is 390 g/mol. The van der Waals surface area contributed by atoms with Gasteiger partial charge in [-0.2, -0.15) is 5.26 Å². The second-order valence-electron chi connectivity index (χ2n) is 7.14. The number of nitrogen functional groups attached to an aromatic ring is 1. The van der Waals surface area contributed by atoms with Crippen LogP contribution in [0.4, 0.5) is 10.7 Å². The Hall–Kier alpha value is -3.04. The van der Waals surface area contributed by atoms with E-state index in [0.29, 0.717) is 27.0 Å². The van der Waals surface area contributed by atoms with Crippen molar-refractivity contribution in [3.63, 3.8) is 0 Å². The molecule has 142 valence electrons. The summed E-state index contributed by atoms with van der Waals surface area (Å²) >= 11 is 1.29. The predicted molar refractivity (Wildman–Crippen MR) is 114 cm³/mol. The van der Waals surface area contributed by atoms with Gasteiger partial charge in [-0.25, -0.2) is 0 Å². The van der Waals surface area contributed by atoms with E-state index in [2.05, 4.69) is 16.4 Å². The van der Waals surface area contributed by atoms with E-state index in [4.69, 9.17) is 5.73 Å². The molecule has 6 heteroatoms. The number of nitrogens with two attached hydrogens (primary N) is 1. The summed E-state index contributed by atoms with van der Waals surface area (Å²) in [5, 5.41) is 13.7. The maximum absolute atomic E-state index is 13.1. The third-order valence-electron chi connectivity index (χ3n) is 5.23. The maximum atomic E-state index is 13.1. The molecule has 0 spiro atoms. The van der Waals surface area contributed by atoms with Crippen LogP contribution in [0.3, 0.4) is 0 Å². The number of nitriles is 1. The van der Waals surface area contributed by atoms with Gasteiger partial charge in [0.2, 0.25) is 5.78 Å². The van der Waals surface area contributed by atoms with Crippen LogP contribution in [0.25, 0.3) is 11.3 Å². The third kappa shape index (κ3) is 3.54. The summed E-state index contributed by atoms with van der Waals surface area (Å²) in [6.07, 6.45) is 7.52. The van der Waals surface area contributed by atoms with E-state index in [9.17, 15) is 10.1 Å². The van der Waals surface area contributed by atoms with Gasteiger partial charge in [0, 0.05) is 23.5 Å². The normalized spacial score (nSPS) is 14.5. The van der Waals surface area contributed by atoms with Crippen molar-refractivity contribution in [2.45, 2.75) is 38.1 Å². The van der Waals surface area contributed by atoms with E-state index in [1.54, 1.807) is 6.20 Å². The summed E-state index contributed by atoms with van der Waals surface area (Å²) < 4.78 is 0. The zero-order chi connectivity index (χ0) is 19.5. The number of aromatic nitrogens is 1. The van der Waals surface area contributed by atoms with Gasteiger partial charge < -0.3 is 16.0 Å². The average molecular weight is 391 g/mol. The largest absolute Gasteiger partial charge is 0.396 e. The van der Waals surface area contributed by atoms with Crippen LogP contribution < -0.4 is 11.1 Å². The van der Waals surface area contributed by atoms with Gasteiger partial charge in [-0.05, 0) is 24.5 Å². The summed E-state index contributed by atoms with van der Waals surface area (Å²) in [7, 11) is 0. The minimum atomic E-state index is -0.158. The number of hydrogen-bond acceptors (Lipinski definition) is 5. The zero-order valence-corrected chi connectivity index (χ0v) is 16.3. The first-order valence-electron chi connectivity index (χ1n) is 9.55. The molecule has 1 saturated carbocycles. The molecule has 0 aliphatic heterocycles. The highest BCUT2D eigenvalue weighted by atomic mass is 32.1. The molecule has 1 aliphatic carbocycles. The Balaban J connectivity index is 1.61. The second-order valence-corrected chi connectivity index (χ2v) is 8.16. The van der Waals surface area contributed by atoms with E-state index in [0.717, 1.165) is 24.1 Å². The lowest BCUT2D eigenvalue weighted by molar-refractivity contribution is 0.104. The van der Waals surface area contributed by atoms with Crippen molar-refractivity contribution in [1.29, 1.82) is 5.26 Å². The zero-order valence-electron chi connectivity index (χ0n) is 15.5. The molecule has 2 aromatic heterocycles. The Labute approximate surface area is 168 Å². The minimum Gasteiger partial charge on any atom is -0.396 e. The number of rotatable bonds is 5. The van der Waals surface area contributed by atoms with Gasteiger partial charge in [0.25, 0.3) is 0 Å². The molecule has 28 heavy (non-hydrogen) atoms. The molecule has 3 aromatic rings. The number of aromatic amines is 1. The van der Waals surface area contributed by atoms with Crippen molar-refractivity contribution in [1.82, 2.24) is 4.98 Å². The Kier molecular flexibility index (Phi) is 5.18. The van der Waals surface area contributed by atoms with Crippen LogP contribution in [0.5, 0.6) is 0 Å². The van der Waals surface area contributed by atoms with Crippen molar-refractivity contribution in [2.24, 2.45) is 0 Å². The van der Waals surface area contributed by atoms with Crippen molar-refractivity contribution >= 4 is 27.8 Å². The standard InChI is InChI=1S/C22H22N4OS/c23-12-17-19(24)21(28-22(17)26-16-9-5-2-6-10-16)20(27)15-11-18(25-13-15)14-7-3-1-4-8-14/h1,3-4,7-8,11,13,16,25-26H,2,5-6,9-10,24H2. The number of carbonyl (C=O) groups excluding carboxylic acids is 1. The summed E-state index contributed by atoms with van der Waals surface area (Å²) in [5.41, 5.74) is 9.29. The van der Waals surface area contributed by atoms with Crippen molar-refractivity contribution < 1.29 is 4.79 Å². The Morgan fingerprint density at radius 3 is 2.68 bits per heavy atom. The summed E-state index contributed by atoms with van der Waals surface area (Å²) in [5.74, 6) is -0.158. The van der Waals surface area contributed by atoms with Gasteiger partial charge >= 0.3 is 0 Å². The fourth-order valence-electron chi connectivity index (χ4n) is 3.70. The minimum absolute atomic E-state index is 0.158. The van der Waals surface area contributed by atoms with Gasteiger partial charge in [0.15, 0.2) is 0 Å². The number of nitrogens with zero attached hydrogens (tertiary/aromatic N) is 1. The number of carbonyl (C=O) groups is 1. The molecular formula is C22H22N4OS. The molecule has 0 unspecified atom stereocenters. The molecule has 1 aliphatic rings. The first kappa shape index (κ1) is 18.3. The van der Waals surface area contributed by atoms with Crippen LogP contribution in [0, 0.1) is 11.3 Å². The third-order valence-corrected chi connectivity index (χ3v) is 6.37. The van der Waals surface area contributed by atoms with Crippen LogP contribution in [-0.4, -0.2) is 16.8 Å². The fraction of sp³-hybridized carbons (Fsp3) is 0.273. The molecule has 0 bridgehead atoms. The maximum Gasteiger partial charge on any atom is 0.206 e. The lowest BCUT2D eigenvalue weighted by Gasteiger charge is -2.23. The number of nitrogens with one attached hydrogen (secondary N) is 2. The Bertz CT molecular complexity index is 1020. The highest BCUT2D eigenvalue weighted by Gasteiger charge is 2.25. The smallest absolute Gasteiger partial charge is 0.206 e. The topological polar surface area (TPSA) is 94.7 Å². The van der Waals surface area contributed by atoms with E-state index >= 15 is 0 Å². The summed E-state index contributed by atoms with van der Waals surface area (Å²) in [6, 6.07) is 14.2. The van der Waals surface area contributed by atoms with Gasteiger partial charge in [-0.1, -0.05) is 49.6 Å². The van der Waals surface area contributed by atoms with Crippen molar-refractivity contribution in [3.8, 4) is 17.3 Å². The van der Waals surface area contributed by atoms with E-state index in [-0.39, 0.29) is 11.5 Å². The molecule has 5 nitrogen and oxygen atoms in total. The molecular weight excluding hydrogens is 368 g/mol. The molecule has 4 rings (SSSR count). The lowest BCUT2D eigenvalue weighted by atomic mass is 9.95. The quantitative estimate of drug-likeness (QED) is 0.524. The van der Waals surface area contributed by atoms with E-state index < -0.39 is 0 Å². The van der Waals surface area contributed by atoms with Crippen LogP contribution in [0.15, 0.2) is 42.6 Å². The van der Waals surface area contributed by atoms with Gasteiger partial charge in [-0.3, -0.25) is 4.79 Å². The molecule has 1 fully saturated rings. The summed E-state index contributed by atoms with van der Waals surface area (Å²) in [4.78, 5) is 16.6. The fourth-order valence-corrected chi connectivity index (χ4v) is 4.81. The molecule has 4 N–H and O–H groups in total. The second kappa shape index (κ2) is 7.91. The number of hydrogen-bond donors (Lipinski definition) is 3. The number of anilines is 2. The van der Waals surface area contributed by atoms with Gasteiger partial charge in [0.05, 0.1) is 5.69 Å². The van der Waals surface area contributed by atoms with Crippen LogP contribution in [0.2, 0.25) is 0 Å².